The maximum absolute atomic E-state index is 5.60. The molecule has 0 aliphatic heterocycles. The predicted molar refractivity (Wildman–Crippen MR) is 59.4 cm³/mol. The molecule has 0 aromatic heterocycles. The number of nitrogens with two attached hydrogens (primary N) is 1. The molecule has 0 spiro atoms. The molecule has 2 N–H and O–H groups in total. The maximum atomic E-state index is 5.60. The highest BCUT2D eigenvalue weighted by molar-refractivity contribution is 4.95. The first-order valence-corrected chi connectivity index (χ1v) is 5.53. The summed E-state index contributed by atoms with van der Waals surface area (Å²) in [5, 5.41) is 0. The molecule has 76 valence electrons. The molecule has 1 unspecified atom stereocenters. The van der Waals surface area contributed by atoms with E-state index in [1.54, 1.807) is 0 Å². The van der Waals surface area contributed by atoms with Gasteiger partial charge in [-0.3, -0.25) is 0 Å². The van der Waals surface area contributed by atoms with E-state index < -0.39 is 0 Å². The van der Waals surface area contributed by atoms with Crippen LogP contribution in [0.2, 0.25) is 0 Å². The molecular formula is C12H23N. The number of terminal acetylenes is 1. The summed E-state index contributed by atoms with van der Waals surface area (Å²) in [5.74, 6) is 2.55. The van der Waals surface area contributed by atoms with Crippen molar-refractivity contribution >= 4 is 0 Å². The van der Waals surface area contributed by atoms with Gasteiger partial charge in [0, 0.05) is 0 Å². The van der Waals surface area contributed by atoms with E-state index in [0.29, 0.717) is 0 Å². The summed E-state index contributed by atoms with van der Waals surface area (Å²) in [5.41, 5.74) is 5.60. The van der Waals surface area contributed by atoms with Crippen LogP contribution >= 0.6 is 0 Å². The third kappa shape index (κ3) is 9.43. The van der Waals surface area contributed by atoms with Crippen LogP contribution in [0.25, 0.3) is 0 Å². The van der Waals surface area contributed by atoms with Crippen LogP contribution in [0.5, 0.6) is 0 Å². The summed E-state index contributed by atoms with van der Waals surface area (Å²) in [4.78, 5) is 0. The Hall–Kier alpha value is -0.480. The fourth-order valence-corrected chi connectivity index (χ4v) is 1.40. The van der Waals surface area contributed by atoms with Gasteiger partial charge in [-0.25, -0.2) is 0 Å². The fraction of sp³-hybridized carbons (Fsp3) is 0.833. The summed E-state index contributed by atoms with van der Waals surface area (Å²) in [6.45, 7) is 2.24. The first-order chi connectivity index (χ1) is 6.31. The number of rotatable bonds is 8. The quantitative estimate of drug-likeness (QED) is 0.452. The van der Waals surface area contributed by atoms with Crippen molar-refractivity contribution in [3.8, 4) is 12.3 Å². The van der Waals surface area contributed by atoms with Gasteiger partial charge in [0.25, 0.3) is 0 Å². The Bertz CT molecular complexity index is 135. The molecule has 13 heavy (non-hydrogen) atoms. The molecule has 0 amide bonds. The standard InChI is InChI=1S/C12H23N/c1-3-5-6-7-8-9-10-11-12(13)4-2/h2,12H,3,5-11,13H2,1H3. The SMILES string of the molecule is C#CC(N)CCCCCCCCC. The second-order valence-corrected chi connectivity index (χ2v) is 3.68. The summed E-state index contributed by atoms with van der Waals surface area (Å²) < 4.78 is 0. The minimum atomic E-state index is -0.0179. The lowest BCUT2D eigenvalue weighted by Crippen LogP contribution is -2.16. The van der Waals surface area contributed by atoms with Gasteiger partial charge >= 0.3 is 0 Å². The van der Waals surface area contributed by atoms with Gasteiger partial charge in [0.1, 0.15) is 0 Å². The Kier molecular flexibility index (Phi) is 9.25. The zero-order valence-electron chi connectivity index (χ0n) is 8.89. The minimum Gasteiger partial charge on any atom is -0.318 e. The van der Waals surface area contributed by atoms with Gasteiger partial charge in [-0.05, 0) is 6.42 Å². The zero-order chi connectivity index (χ0) is 9.94. The van der Waals surface area contributed by atoms with Crippen LogP contribution in [0, 0.1) is 12.3 Å². The molecule has 0 bridgehead atoms. The van der Waals surface area contributed by atoms with Crippen LogP contribution in [0.1, 0.15) is 58.3 Å². The minimum absolute atomic E-state index is 0.0179. The number of unbranched alkanes of at least 4 members (excludes halogenated alkanes) is 6. The highest BCUT2D eigenvalue weighted by Gasteiger charge is 1.96. The average molecular weight is 181 g/mol. The van der Waals surface area contributed by atoms with Gasteiger partial charge in [0.05, 0.1) is 6.04 Å². The average Bonchev–Trinajstić information content (AvgIpc) is 2.16. The van der Waals surface area contributed by atoms with E-state index in [0.717, 1.165) is 6.42 Å². The fourth-order valence-electron chi connectivity index (χ4n) is 1.40. The molecule has 0 saturated carbocycles. The number of hydrogen-bond acceptors (Lipinski definition) is 1. The van der Waals surface area contributed by atoms with Crippen LogP contribution in [0.15, 0.2) is 0 Å². The normalized spacial score (nSPS) is 12.4. The Labute approximate surface area is 83.1 Å². The van der Waals surface area contributed by atoms with Gasteiger partial charge in [0.2, 0.25) is 0 Å². The Morgan fingerprint density at radius 2 is 1.62 bits per heavy atom. The van der Waals surface area contributed by atoms with Gasteiger partial charge < -0.3 is 5.73 Å². The van der Waals surface area contributed by atoms with Crippen molar-refractivity contribution in [2.45, 2.75) is 64.3 Å². The van der Waals surface area contributed by atoms with Crippen molar-refractivity contribution in [2.75, 3.05) is 0 Å². The Morgan fingerprint density at radius 3 is 2.15 bits per heavy atom. The summed E-state index contributed by atoms with van der Waals surface area (Å²) >= 11 is 0. The highest BCUT2D eigenvalue weighted by atomic mass is 14.6. The van der Waals surface area contributed by atoms with E-state index in [9.17, 15) is 0 Å². The molecule has 1 nitrogen and oxygen atoms in total. The predicted octanol–water partition coefficient (Wildman–Crippen LogP) is 3.09. The molecule has 0 aromatic carbocycles. The lowest BCUT2D eigenvalue weighted by Gasteiger charge is -2.03. The number of hydrogen-bond donors (Lipinski definition) is 1. The van der Waals surface area contributed by atoms with Crippen molar-refractivity contribution in [2.24, 2.45) is 5.73 Å². The van der Waals surface area contributed by atoms with E-state index in [2.05, 4.69) is 12.8 Å². The molecule has 0 radical (unpaired) electrons. The van der Waals surface area contributed by atoms with Crippen molar-refractivity contribution in [1.82, 2.24) is 0 Å². The molecule has 0 rings (SSSR count). The first-order valence-electron chi connectivity index (χ1n) is 5.53. The van der Waals surface area contributed by atoms with Crippen molar-refractivity contribution in [3.63, 3.8) is 0 Å². The highest BCUT2D eigenvalue weighted by Crippen LogP contribution is 2.08. The monoisotopic (exact) mass is 181 g/mol. The van der Waals surface area contributed by atoms with Gasteiger partial charge in [-0.2, -0.15) is 0 Å². The van der Waals surface area contributed by atoms with Crippen LogP contribution in [0.3, 0.4) is 0 Å². The molecule has 0 aromatic rings. The molecular weight excluding hydrogens is 158 g/mol. The largest absolute Gasteiger partial charge is 0.318 e. The molecule has 0 heterocycles. The van der Waals surface area contributed by atoms with E-state index >= 15 is 0 Å². The van der Waals surface area contributed by atoms with Gasteiger partial charge in [-0.15, -0.1) is 6.42 Å². The lowest BCUT2D eigenvalue weighted by atomic mass is 10.1. The zero-order valence-corrected chi connectivity index (χ0v) is 8.89. The molecule has 1 atom stereocenters. The van der Waals surface area contributed by atoms with Crippen LogP contribution in [-0.2, 0) is 0 Å². The summed E-state index contributed by atoms with van der Waals surface area (Å²) in [7, 11) is 0. The molecule has 0 aliphatic carbocycles. The van der Waals surface area contributed by atoms with E-state index in [1.807, 2.05) is 0 Å². The van der Waals surface area contributed by atoms with Gasteiger partial charge in [-0.1, -0.05) is 57.8 Å². The first kappa shape index (κ1) is 12.5. The van der Waals surface area contributed by atoms with Crippen molar-refractivity contribution in [1.29, 1.82) is 0 Å². The van der Waals surface area contributed by atoms with E-state index in [1.165, 1.54) is 44.9 Å². The Morgan fingerprint density at radius 1 is 1.08 bits per heavy atom. The third-order valence-corrected chi connectivity index (χ3v) is 2.33. The molecule has 0 aliphatic rings. The van der Waals surface area contributed by atoms with Crippen molar-refractivity contribution in [3.05, 3.63) is 0 Å². The van der Waals surface area contributed by atoms with Crippen LogP contribution < -0.4 is 5.73 Å². The van der Waals surface area contributed by atoms with Gasteiger partial charge in [0.15, 0.2) is 0 Å². The van der Waals surface area contributed by atoms with E-state index in [-0.39, 0.29) is 6.04 Å². The second-order valence-electron chi connectivity index (χ2n) is 3.68. The maximum Gasteiger partial charge on any atom is 0.0661 e. The molecule has 0 saturated heterocycles. The topological polar surface area (TPSA) is 26.0 Å². The second kappa shape index (κ2) is 9.61. The molecule has 0 fully saturated rings. The van der Waals surface area contributed by atoms with E-state index in [4.69, 9.17) is 12.2 Å². The van der Waals surface area contributed by atoms with Crippen LogP contribution in [0.4, 0.5) is 0 Å². The van der Waals surface area contributed by atoms with Crippen LogP contribution in [-0.4, -0.2) is 6.04 Å². The summed E-state index contributed by atoms with van der Waals surface area (Å²) in [6, 6.07) is -0.0179. The van der Waals surface area contributed by atoms with Crippen molar-refractivity contribution < 1.29 is 0 Å². The third-order valence-electron chi connectivity index (χ3n) is 2.33. The Balaban J connectivity index is 2.96. The smallest absolute Gasteiger partial charge is 0.0661 e. The summed E-state index contributed by atoms with van der Waals surface area (Å²) in [6.07, 6.45) is 15.5. The lowest BCUT2D eigenvalue weighted by molar-refractivity contribution is 0.564. The molecule has 1 heteroatoms.